The van der Waals surface area contributed by atoms with Gasteiger partial charge in [-0.25, -0.2) is 0 Å². The fourth-order valence-corrected chi connectivity index (χ4v) is 1.44. The quantitative estimate of drug-likeness (QED) is 0.580. The van der Waals surface area contributed by atoms with Crippen LogP contribution in [0.15, 0.2) is 30.5 Å². The first-order valence-electron chi connectivity index (χ1n) is 5.08. The first-order valence-corrected chi connectivity index (χ1v) is 5.08. The van der Waals surface area contributed by atoms with Crippen molar-refractivity contribution in [1.29, 1.82) is 0 Å². The lowest BCUT2D eigenvalue weighted by Crippen LogP contribution is -2.12. The highest BCUT2D eigenvalue weighted by molar-refractivity contribution is 5.94. The predicted octanol–water partition coefficient (Wildman–Crippen LogP) is 0.703. The van der Waals surface area contributed by atoms with Gasteiger partial charge in [0.25, 0.3) is 0 Å². The number of nitrogens with one attached hydrogen (secondary N) is 2. The zero-order valence-electron chi connectivity index (χ0n) is 9.10. The second-order valence-electron chi connectivity index (χ2n) is 3.60. The molecular formula is C11H13N5O. The van der Waals surface area contributed by atoms with Crippen molar-refractivity contribution >= 4 is 17.3 Å². The smallest absolute Gasteiger partial charge is 0.248 e. The molecule has 0 radical (unpaired) electrons. The van der Waals surface area contributed by atoms with Gasteiger partial charge in [-0.15, -0.1) is 0 Å². The number of carbonyl (C=O) groups is 1. The van der Waals surface area contributed by atoms with Gasteiger partial charge in [0.2, 0.25) is 5.91 Å². The lowest BCUT2D eigenvalue weighted by molar-refractivity contribution is 0.100. The summed E-state index contributed by atoms with van der Waals surface area (Å²) >= 11 is 0. The highest BCUT2D eigenvalue weighted by Crippen LogP contribution is 2.20. The molecule has 6 heteroatoms. The summed E-state index contributed by atoms with van der Waals surface area (Å²) < 4.78 is 0. The van der Waals surface area contributed by atoms with E-state index in [1.807, 2.05) is 6.07 Å². The number of hydrogen-bond acceptors (Lipinski definition) is 4. The Kier molecular flexibility index (Phi) is 2.95. The van der Waals surface area contributed by atoms with Crippen molar-refractivity contribution < 1.29 is 4.79 Å². The SMILES string of the molecule is NC(=O)c1ccc(N)c(NCc2ccn[nH]2)c1. The standard InChI is InChI=1S/C11H13N5O/c12-9-2-1-7(11(13)17)5-10(9)14-6-8-3-4-15-16-8/h1-5,14H,6,12H2,(H2,13,17)(H,15,16). The van der Waals surface area contributed by atoms with Crippen LogP contribution in [-0.2, 0) is 6.54 Å². The molecule has 0 spiro atoms. The number of primary amides is 1. The number of aromatic amines is 1. The van der Waals surface area contributed by atoms with Crippen LogP contribution in [0.5, 0.6) is 0 Å². The van der Waals surface area contributed by atoms with Crippen LogP contribution in [0.1, 0.15) is 16.1 Å². The minimum absolute atomic E-state index is 0.423. The van der Waals surface area contributed by atoms with E-state index in [4.69, 9.17) is 11.5 Å². The fourth-order valence-electron chi connectivity index (χ4n) is 1.44. The third-order valence-corrected chi connectivity index (χ3v) is 2.37. The second-order valence-corrected chi connectivity index (χ2v) is 3.60. The Balaban J connectivity index is 2.14. The maximum absolute atomic E-state index is 11.0. The van der Waals surface area contributed by atoms with Gasteiger partial charge < -0.3 is 16.8 Å². The Hall–Kier alpha value is -2.50. The van der Waals surface area contributed by atoms with Gasteiger partial charge in [-0.1, -0.05) is 0 Å². The van der Waals surface area contributed by atoms with Crippen molar-refractivity contribution in [2.75, 3.05) is 11.1 Å². The van der Waals surface area contributed by atoms with E-state index >= 15 is 0 Å². The summed E-state index contributed by atoms with van der Waals surface area (Å²) in [5, 5.41) is 9.76. The molecule has 0 aliphatic rings. The number of anilines is 2. The maximum Gasteiger partial charge on any atom is 0.248 e. The first-order chi connectivity index (χ1) is 8.16. The lowest BCUT2D eigenvalue weighted by Gasteiger charge is -2.09. The van der Waals surface area contributed by atoms with Crippen LogP contribution in [0.25, 0.3) is 0 Å². The lowest BCUT2D eigenvalue weighted by atomic mass is 10.1. The number of amides is 1. The van der Waals surface area contributed by atoms with Crippen molar-refractivity contribution in [3.8, 4) is 0 Å². The number of hydrogen-bond donors (Lipinski definition) is 4. The van der Waals surface area contributed by atoms with Gasteiger partial charge in [0.1, 0.15) is 0 Å². The molecule has 0 saturated carbocycles. The van der Waals surface area contributed by atoms with Crippen molar-refractivity contribution in [2.24, 2.45) is 5.73 Å². The zero-order valence-corrected chi connectivity index (χ0v) is 9.10. The van der Waals surface area contributed by atoms with Gasteiger partial charge in [0.05, 0.1) is 23.6 Å². The van der Waals surface area contributed by atoms with E-state index in [-0.39, 0.29) is 0 Å². The van der Waals surface area contributed by atoms with Crippen LogP contribution >= 0.6 is 0 Å². The summed E-state index contributed by atoms with van der Waals surface area (Å²) in [4.78, 5) is 11.0. The molecule has 1 aromatic carbocycles. The molecule has 0 aliphatic carbocycles. The Morgan fingerprint density at radius 1 is 1.41 bits per heavy atom. The summed E-state index contributed by atoms with van der Waals surface area (Å²) in [5.41, 5.74) is 13.6. The molecule has 0 unspecified atom stereocenters. The van der Waals surface area contributed by atoms with E-state index in [1.54, 1.807) is 24.4 Å². The second kappa shape index (κ2) is 4.56. The number of nitrogens with zero attached hydrogens (tertiary/aromatic N) is 1. The van der Waals surface area contributed by atoms with E-state index in [0.717, 1.165) is 5.69 Å². The molecule has 0 fully saturated rings. The molecule has 0 atom stereocenters. The molecule has 2 rings (SSSR count). The monoisotopic (exact) mass is 231 g/mol. The Morgan fingerprint density at radius 3 is 2.88 bits per heavy atom. The normalized spacial score (nSPS) is 10.1. The number of aromatic nitrogens is 2. The van der Waals surface area contributed by atoms with Crippen LogP contribution < -0.4 is 16.8 Å². The molecule has 1 aromatic heterocycles. The van der Waals surface area contributed by atoms with Crippen LogP contribution in [0.4, 0.5) is 11.4 Å². The number of benzene rings is 1. The molecule has 17 heavy (non-hydrogen) atoms. The highest BCUT2D eigenvalue weighted by Gasteiger charge is 2.05. The van der Waals surface area contributed by atoms with E-state index in [2.05, 4.69) is 15.5 Å². The summed E-state index contributed by atoms with van der Waals surface area (Å²) in [5.74, 6) is -0.477. The van der Waals surface area contributed by atoms with Gasteiger partial charge >= 0.3 is 0 Å². The third-order valence-electron chi connectivity index (χ3n) is 2.37. The molecule has 0 bridgehead atoms. The third kappa shape index (κ3) is 2.54. The minimum atomic E-state index is -0.477. The Morgan fingerprint density at radius 2 is 2.24 bits per heavy atom. The maximum atomic E-state index is 11.0. The largest absolute Gasteiger partial charge is 0.397 e. The Bertz CT molecular complexity index is 521. The van der Waals surface area contributed by atoms with Crippen LogP contribution in [-0.4, -0.2) is 16.1 Å². The van der Waals surface area contributed by atoms with Gasteiger partial charge in [-0.05, 0) is 24.3 Å². The molecule has 2 aromatic rings. The number of carbonyl (C=O) groups excluding carboxylic acids is 1. The van der Waals surface area contributed by atoms with E-state index in [1.165, 1.54) is 0 Å². The van der Waals surface area contributed by atoms with Crippen molar-refractivity contribution in [2.45, 2.75) is 6.54 Å². The molecule has 1 amide bonds. The van der Waals surface area contributed by atoms with Crippen molar-refractivity contribution in [3.63, 3.8) is 0 Å². The van der Waals surface area contributed by atoms with E-state index < -0.39 is 5.91 Å². The van der Waals surface area contributed by atoms with E-state index in [9.17, 15) is 4.79 Å². The zero-order chi connectivity index (χ0) is 12.3. The molecule has 88 valence electrons. The fraction of sp³-hybridized carbons (Fsp3) is 0.0909. The van der Waals surface area contributed by atoms with E-state index in [0.29, 0.717) is 23.5 Å². The van der Waals surface area contributed by atoms with Crippen LogP contribution in [0.2, 0.25) is 0 Å². The molecule has 6 N–H and O–H groups in total. The van der Waals surface area contributed by atoms with Gasteiger partial charge in [0.15, 0.2) is 0 Å². The van der Waals surface area contributed by atoms with Crippen LogP contribution in [0, 0.1) is 0 Å². The molecule has 1 heterocycles. The molecule has 6 nitrogen and oxygen atoms in total. The minimum Gasteiger partial charge on any atom is -0.397 e. The first kappa shape index (κ1) is 11.0. The molecule has 0 aliphatic heterocycles. The average Bonchev–Trinajstić information content (AvgIpc) is 2.80. The van der Waals surface area contributed by atoms with Gasteiger partial charge in [0, 0.05) is 11.8 Å². The topological polar surface area (TPSA) is 110 Å². The number of H-pyrrole nitrogens is 1. The predicted molar refractivity (Wildman–Crippen MR) is 65.3 cm³/mol. The summed E-state index contributed by atoms with van der Waals surface area (Å²) in [6.45, 7) is 0.548. The highest BCUT2D eigenvalue weighted by atomic mass is 16.1. The van der Waals surface area contributed by atoms with Crippen LogP contribution in [0.3, 0.4) is 0 Å². The number of rotatable bonds is 4. The van der Waals surface area contributed by atoms with Crippen molar-refractivity contribution in [3.05, 3.63) is 41.7 Å². The summed E-state index contributed by atoms with van der Waals surface area (Å²) in [6, 6.07) is 6.73. The number of nitrogens with two attached hydrogens (primary N) is 2. The van der Waals surface area contributed by atoms with Crippen molar-refractivity contribution in [1.82, 2.24) is 10.2 Å². The molecular weight excluding hydrogens is 218 g/mol. The summed E-state index contributed by atoms with van der Waals surface area (Å²) in [6.07, 6.45) is 1.67. The average molecular weight is 231 g/mol. The van der Waals surface area contributed by atoms with Gasteiger partial charge in [-0.2, -0.15) is 5.10 Å². The molecule has 0 saturated heterocycles. The number of nitrogen functional groups attached to an aromatic ring is 1. The van der Waals surface area contributed by atoms with Gasteiger partial charge in [-0.3, -0.25) is 9.89 Å². The Labute approximate surface area is 98.0 Å². The summed E-state index contributed by atoms with van der Waals surface area (Å²) in [7, 11) is 0.